The lowest BCUT2D eigenvalue weighted by Gasteiger charge is -2.34. The molecule has 1 fully saturated rings. The molecule has 0 N–H and O–H groups in total. The van der Waals surface area contributed by atoms with Gasteiger partial charge in [-0.3, -0.25) is 9.69 Å². The number of anilines is 2. The number of benzene rings is 2. The number of hydrogen-bond acceptors (Lipinski definition) is 4. The van der Waals surface area contributed by atoms with Crippen LogP contribution in [0.5, 0.6) is 0 Å². The number of hydrogen-bond donors (Lipinski definition) is 0. The van der Waals surface area contributed by atoms with Crippen LogP contribution in [-0.4, -0.2) is 55.5 Å². The van der Waals surface area contributed by atoms with Gasteiger partial charge in [-0.05, 0) is 37.4 Å². The molecule has 0 aromatic heterocycles. The molecule has 1 saturated heterocycles. The van der Waals surface area contributed by atoms with Crippen LogP contribution in [0, 0.1) is 0 Å². The third-order valence-electron chi connectivity index (χ3n) is 5.34. The molecule has 0 saturated carbocycles. The van der Waals surface area contributed by atoms with E-state index in [2.05, 4.69) is 16.8 Å². The molecule has 1 amide bonds. The fraction of sp³-hybridized carbons (Fsp3) is 0.381. The first-order valence-corrected chi connectivity index (χ1v) is 10.4. The van der Waals surface area contributed by atoms with Crippen molar-refractivity contribution in [1.82, 2.24) is 9.80 Å². The zero-order valence-electron chi connectivity index (χ0n) is 16.5. The van der Waals surface area contributed by atoms with Crippen molar-refractivity contribution in [3.63, 3.8) is 0 Å². The van der Waals surface area contributed by atoms with Crippen molar-refractivity contribution in [3.05, 3.63) is 48.0 Å². The Morgan fingerprint density at radius 3 is 2.37 bits per heavy atom. The van der Waals surface area contributed by atoms with Crippen molar-refractivity contribution in [3.8, 4) is 0 Å². The van der Waals surface area contributed by atoms with Crippen molar-refractivity contribution < 1.29 is 18.0 Å². The van der Waals surface area contributed by atoms with Gasteiger partial charge in [-0.1, -0.05) is 23.9 Å². The van der Waals surface area contributed by atoms with Gasteiger partial charge in [0.05, 0.1) is 16.9 Å². The Bertz CT molecular complexity index is 917. The molecule has 4 nitrogen and oxygen atoms in total. The average molecular weight is 458 g/mol. The van der Waals surface area contributed by atoms with E-state index in [0.717, 1.165) is 43.2 Å². The first-order valence-electron chi connectivity index (χ1n) is 9.55. The van der Waals surface area contributed by atoms with Crippen LogP contribution < -0.4 is 4.90 Å². The molecule has 0 unspecified atom stereocenters. The van der Waals surface area contributed by atoms with Gasteiger partial charge in [0, 0.05) is 48.9 Å². The van der Waals surface area contributed by atoms with E-state index in [4.69, 9.17) is 0 Å². The third kappa shape index (κ3) is 4.77. The summed E-state index contributed by atoms with van der Waals surface area (Å²) in [6.07, 6.45) is -4.19. The lowest BCUT2D eigenvalue weighted by atomic mass is 10.1. The highest BCUT2D eigenvalue weighted by Crippen LogP contribution is 2.49. The monoisotopic (exact) mass is 457 g/mol. The zero-order chi connectivity index (χ0) is 20.6. The summed E-state index contributed by atoms with van der Waals surface area (Å²) >= 11 is 1.39. The molecule has 162 valence electrons. The molecule has 0 bridgehead atoms. The van der Waals surface area contributed by atoms with Crippen LogP contribution in [0.15, 0.2) is 52.3 Å². The standard InChI is InChI=1S/C21H22F3N3OS.ClH/c1-25-10-12-26(13-11-25)9-8-20(28)27-16-4-2-3-5-18(16)29-19-7-6-15(14-17(19)27)21(22,23)24;/h2-7,14H,8-13H2,1H3;1H. The Morgan fingerprint density at radius 2 is 1.67 bits per heavy atom. The van der Waals surface area contributed by atoms with Crippen molar-refractivity contribution in [2.24, 2.45) is 0 Å². The van der Waals surface area contributed by atoms with Crippen molar-refractivity contribution >= 4 is 41.5 Å². The molecule has 30 heavy (non-hydrogen) atoms. The van der Waals surface area contributed by atoms with Crippen LogP contribution in [0.25, 0.3) is 0 Å². The van der Waals surface area contributed by atoms with Gasteiger partial charge in [0.2, 0.25) is 5.91 Å². The van der Waals surface area contributed by atoms with E-state index in [1.54, 1.807) is 12.1 Å². The molecule has 0 atom stereocenters. The van der Waals surface area contributed by atoms with Gasteiger partial charge >= 0.3 is 6.18 Å². The van der Waals surface area contributed by atoms with E-state index < -0.39 is 11.7 Å². The summed E-state index contributed by atoms with van der Waals surface area (Å²) in [7, 11) is 2.07. The Labute approximate surface area is 184 Å². The Kier molecular flexibility index (Phi) is 7.02. The first-order chi connectivity index (χ1) is 13.8. The van der Waals surface area contributed by atoms with Gasteiger partial charge in [-0.15, -0.1) is 12.4 Å². The molecule has 4 rings (SSSR count). The van der Waals surface area contributed by atoms with Gasteiger partial charge in [-0.25, -0.2) is 0 Å². The molecule has 2 aromatic carbocycles. The van der Waals surface area contributed by atoms with Crippen molar-refractivity contribution in [2.75, 3.05) is 44.7 Å². The minimum atomic E-state index is -4.45. The van der Waals surface area contributed by atoms with Gasteiger partial charge in [0.1, 0.15) is 0 Å². The SMILES string of the molecule is CN1CCN(CCC(=O)N2c3ccccc3Sc3ccc(C(F)(F)F)cc32)CC1.Cl. The van der Waals surface area contributed by atoms with E-state index in [9.17, 15) is 18.0 Å². The molecule has 2 aliphatic rings. The summed E-state index contributed by atoms with van der Waals surface area (Å²) in [5.74, 6) is -0.183. The van der Waals surface area contributed by atoms with Gasteiger partial charge in [-0.2, -0.15) is 13.2 Å². The molecule has 0 aliphatic carbocycles. The molecule has 2 heterocycles. The van der Waals surface area contributed by atoms with E-state index in [0.29, 0.717) is 22.8 Å². The number of piperazine rings is 1. The summed E-state index contributed by atoms with van der Waals surface area (Å²) in [4.78, 5) is 20.7. The molecule has 2 aromatic rings. The minimum Gasteiger partial charge on any atom is -0.304 e. The maximum absolute atomic E-state index is 13.3. The molecular weight excluding hydrogens is 435 g/mol. The Hall–Kier alpha value is -1.74. The molecule has 0 radical (unpaired) electrons. The predicted molar refractivity (Wildman–Crippen MR) is 115 cm³/mol. The third-order valence-corrected chi connectivity index (χ3v) is 6.47. The second-order valence-electron chi connectivity index (χ2n) is 7.37. The number of fused-ring (bicyclic) bond motifs is 2. The van der Waals surface area contributed by atoms with Crippen LogP contribution in [-0.2, 0) is 11.0 Å². The van der Waals surface area contributed by atoms with E-state index >= 15 is 0 Å². The normalized spacial score (nSPS) is 17.1. The number of carbonyl (C=O) groups excluding carboxylic acids is 1. The van der Waals surface area contributed by atoms with Crippen LogP contribution in [0.3, 0.4) is 0 Å². The van der Waals surface area contributed by atoms with Crippen LogP contribution in [0.2, 0.25) is 0 Å². The highest BCUT2D eigenvalue weighted by atomic mass is 35.5. The second kappa shape index (κ2) is 9.18. The number of halogens is 4. The maximum atomic E-state index is 13.3. The van der Waals surface area contributed by atoms with Gasteiger partial charge in [0.15, 0.2) is 0 Å². The van der Waals surface area contributed by atoms with E-state index in [1.807, 2.05) is 12.1 Å². The minimum absolute atomic E-state index is 0. The summed E-state index contributed by atoms with van der Waals surface area (Å²) in [5.41, 5.74) is 0.215. The van der Waals surface area contributed by atoms with Crippen molar-refractivity contribution in [2.45, 2.75) is 22.4 Å². The van der Waals surface area contributed by atoms with E-state index in [-0.39, 0.29) is 24.7 Å². The van der Waals surface area contributed by atoms with Crippen LogP contribution in [0.4, 0.5) is 24.5 Å². The fourth-order valence-electron chi connectivity index (χ4n) is 3.64. The zero-order valence-corrected chi connectivity index (χ0v) is 18.1. The number of nitrogens with zero attached hydrogens (tertiary/aromatic N) is 3. The lowest BCUT2D eigenvalue weighted by Crippen LogP contribution is -2.45. The number of carbonyl (C=O) groups is 1. The maximum Gasteiger partial charge on any atom is 0.416 e. The molecule has 9 heteroatoms. The smallest absolute Gasteiger partial charge is 0.304 e. The Morgan fingerprint density at radius 1 is 1.00 bits per heavy atom. The molecule has 2 aliphatic heterocycles. The Balaban J connectivity index is 0.00000256. The summed E-state index contributed by atoms with van der Waals surface area (Å²) in [5, 5.41) is 0. The number of para-hydroxylation sites is 1. The van der Waals surface area contributed by atoms with E-state index in [1.165, 1.54) is 22.7 Å². The van der Waals surface area contributed by atoms with Gasteiger partial charge in [0.25, 0.3) is 0 Å². The number of rotatable bonds is 3. The largest absolute Gasteiger partial charge is 0.416 e. The highest BCUT2D eigenvalue weighted by molar-refractivity contribution is 7.99. The quantitative estimate of drug-likeness (QED) is 0.655. The van der Waals surface area contributed by atoms with Gasteiger partial charge < -0.3 is 9.80 Å². The predicted octanol–water partition coefficient (Wildman–Crippen LogP) is 4.89. The average Bonchev–Trinajstić information content (AvgIpc) is 2.70. The fourth-order valence-corrected chi connectivity index (χ4v) is 4.68. The van der Waals surface area contributed by atoms with Crippen LogP contribution >= 0.6 is 24.2 Å². The highest BCUT2D eigenvalue weighted by Gasteiger charge is 2.34. The van der Waals surface area contributed by atoms with Crippen molar-refractivity contribution in [1.29, 1.82) is 0 Å². The van der Waals surface area contributed by atoms with Crippen LogP contribution in [0.1, 0.15) is 12.0 Å². The number of alkyl halides is 3. The summed E-state index contributed by atoms with van der Waals surface area (Å²) < 4.78 is 39.9. The molecular formula is C21H23ClF3N3OS. The second-order valence-corrected chi connectivity index (χ2v) is 8.46. The summed E-state index contributed by atoms with van der Waals surface area (Å²) in [6, 6.07) is 11.0. The number of likely N-dealkylation sites (N-methyl/N-ethyl adjacent to an activating group) is 1. The summed E-state index contributed by atoms with van der Waals surface area (Å²) in [6.45, 7) is 4.30. The number of amides is 1. The molecule has 0 spiro atoms. The topological polar surface area (TPSA) is 26.8 Å². The lowest BCUT2D eigenvalue weighted by molar-refractivity contribution is -0.137. The first kappa shape index (κ1) is 22.9.